The van der Waals surface area contributed by atoms with E-state index in [1.165, 1.54) is 167 Å². The lowest BCUT2D eigenvalue weighted by molar-refractivity contribution is -0.167. The molecule has 0 saturated carbocycles. The zero-order valence-corrected chi connectivity index (χ0v) is 44.4. The molecule has 0 N–H and O–H groups in total. The number of hydrogen-bond donors (Lipinski definition) is 0. The first-order valence-electron chi connectivity index (χ1n) is 28.8. The first kappa shape index (κ1) is 64.1. The van der Waals surface area contributed by atoms with Gasteiger partial charge in [-0.1, -0.05) is 223 Å². The van der Waals surface area contributed by atoms with Crippen molar-refractivity contribution in [3.63, 3.8) is 0 Å². The van der Waals surface area contributed by atoms with Gasteiger partial charge in [-0.25, -0.2) is 0 Å². The number of carbonyl (C=O) groups excluding carboxylic acids is 3. The number of rotatable bonds is 52. The van der Waals surface area contributed by atoms with Crippen LogP contribution < -0.4 is 0 Å². The Morgan fingerprint density at radius 2 is 0.537 bits per heavy atom. The molecule has 0 bridgehead atoms. The first-order valence-corrected chi connectivity index (χ1v) is 28.8. The predicted octanol–water partition coefficient (Wildman–Crippen LogP) is 19.2. The van der Waals surface area contributed by atoms with Gasteiger partial charge in [0.15, 0.2) is 6.10 Å². The zero-order chi connectivity index (χ0) is 48.6. The SMILES string of the molecule is CCCCC/C=C\C/C=C\CCCCCCCCCCCC(=O)OCC(COC(=O)CCCCCCC/C=C\CCCCC)OC(=O)CCCCCCCCC/C=C\C/C=C\CCCCCC. The molecule has 0 aromatic carbocycles. The molecule has 0 fully saturated rings. The van der Waals surface area contributed by atoms with Gasteiger partial charge in [0, 0.05) is 19.3 Å². The summed E-state index contributed by atoms with van der Waals surface area (Å²) in [7, 11) is 0. The van der Waals surface area contributed by atoms with Crippen molar-refractivity contribution in [3.8, 4) is 0 Å². The van der Waals surface area contributed by atoms with Crippen LogP contribution in [0.2, 0.25) is 0 Å². The average molecular weight is 938 g/mol. The van der Waals surface area contributed by atoms with Crippen LogP contribution in [-0.4, -0.2) is 37.2 Å². The van der Waals surface area contributed by atoms with E-state index in [9.17, 15) is 14.4 Å². The molecule has 0 amide bonds. The summed E-state index contributed by atoms with van der Waals surface area (Å²) in [4.78, 5) is 38.1. The molecule has 1 atom stereocenters. The van der Waals surface area contributed by atoms with Crippen LogP contribution in [0.5, 0.6) is 0 Å². The van der Waals surface area contributed by atoms with E-state index < -0.39 is 6.10 Å². The minimum Gasteiger partial charge on any atom is -0.462 e. The molecule has 0 aromatic heterocycles. The van der Waals surface area contributed by atoms with Crippen LogP contribution in [-0.2, 0) is 28.6 Å². The summed E-state index contributed by atoms with van der Waals surface area (Å²) < 4.78 is 16.9. The van der Waals surface area contributed by atoms with Gasteiger partial charge in [0.1, 0.15) is 13.2 Å². The molecule has 388 valence electrons. The minimum atomic E-state index is -0.783. The van der Waals surface area contributed by atoms with E-state index in [1.54, 1.807) is 0 Å². The second-order valence-electron chi connectivity index (χ2n) is 19.2. The first-order chi connectivity index (χ1) is 33.0. The third kappa shape index (κ3) is 53.9. The van der Waals surface area contributed by atoms with Crippen molar-refractivity contribution >= 4 is 17.9 Å². The largest absolute Gasteiger partial charge is 0.462 e. The number of unbranched alkanes of at least 4 members (excludes halogenated alkanes) is 31. The smallest absolute Gasteiger partial charge is 0.306 e. The van der Waals surface area contributed by atoms with Crippen molar-refractivity contribution in [2.24, 2.45) is 0 Å². The lowest BCUT2D eigenvalue weighted by atomic mass is 10.1. The van der Waals surface area contributed by atoms with Gasteiger partial charge in [-0.3, -0.25) is 14.4 Å². The Hall–Kier alpha value is -2.89. The summed E-state index contributed by atoms with van der Waals surface area (Å²) >= 11 is 0. The van der Waals surface area contributed by atoms with Crippen LogP contribution in [0.15, 0.2) is 60.8 Å². The van der Waals surface area contributed by atoms with Crippen molar-refractivity contribution in [2.45, 2.75) is 297 Å². The Labute approximate surface area is 415 Å². The van der Waals surface area contributed by atoms with E-state index in [1.807, 2.05) is 0 Å². The molecule has 0 spiro atoms. The Morgan fingerprint density at radius 1 is 0.299 bits per heavy atom. The van der Waals surface area contributed by atoms with Crippen LogP contribution in [0.1, 0.15) is 290 Å². The number of carbonyl (C=O) groups is 3. The van der Waals surface area contributed by atoms with Crippen molar-refractivity contribution in [1.82, 2.24) is 0 Å². The van der Waals surface area contributed by atoms with Gasteiger partial charge in [-0.05, 0) is 109 Å². The molecular formula is C61H108O6. The van der Waals surface area contributed by atoms with Crippen LogP contribution in [0.25, 0.3) is 0 Å². The number of esters is 3. The second kappa shape index (κ2) is 55.7. The molecular weight excluding hydrogens is 829 g/mol. The summed E-state index contributed by atoms with van der Waals surface area (Å²) in [5, 5.41) is 0. The van der Waals surface area contributed by atoms with E-state index in [0.717, 1.165) is 83.5 Å². The van der Waals surface area contributed by atoms with Crippen molar-refractivity contribution < 1.29 is 28.6 Å². The molecule has 0 radical (unpaired) electrons. The lowest BCUT2D eigenvalue weighted by Gasteiger charge is -2.18. The quantitative estimate of drug-likeness (QED) is 0.0262. The Kier molecular flexibility index (Phi) is 53.3. The standard InChI is InChI=1S/C61H108O6/c1-4-7-10-13-16-19-22-25-27-29-31-33-34-36-39-42-45-48-51-54-60(63)66-57-58(56-65-59(62)53-50-47-44-41-38-24-21-18-15-12-9-6-3)67-61(64)55-52-49-46-43-40-37-35-32-30-28-26-23-20-17-14-11-8-5-2/h16,18-21,23,25,27-28,30,58H,4-15,17,22,24,26,29,31-57H2,1-3H3/b19-16-,21-18-,23-20-,27-25-,30-28-. The van der Waals surface area contributed by atoms with E-state index >= 15 is 0 Å². The molecule has 0 aromatic rings. The number of allylic oxidation sites excluding steroid dienone is 10. The van der Waals surface area contributed by atoms with E-state index in [-0.39, 0.29) is 31.1 Å². The fourth-order valence-corrected chi connectivity index (χ4v) is 8.09. The molecule has 6 nitrogen and oxygen atoms in total. The van der Waals surface area contributed by atoms with Crippen molar-refractivity contribution in [1.29, 1.82) is 0 Å². The highest BCUT2D eigenvalue weighted by molar-refractivity contribution is 5.71. The summed E-state index contributed by atoms with van der Waals surface area (Å²) in [6, 6.07) is 0. The van der Waals surface area contributed by atoms with Crippen LogP contribution in [0, 0.1) is 0 Å². The summed E-state index contributed by atoms with van der Waals surface area (Å²) in [6.45, 7) is 6.58. The molecule has 6 heteroatoms. The van der Waals surface area contributed by atoms with Crippen molar-refractivity contribution in [3.05, 3.63) is 60.8 Å². The van der Waals surface area contributed by atoms with Gasteiger partial charge in [0.25, 0.3) is 0 Å². The van der Waals surface area contributed by atoms with Gasteiger partial charge in [-0.15, -0.1) is 0 Å². The number of hydrogen-bond acceptors (Lipinski definition) is 6. The third-order valence-electron chi connectivity index (χ3n) is 12.5. The second-order valence-corrected chi connectivity index (χ2v) is 19.2. The van der Waals surface area contributed by atoms with Gasteiger partial charge in [-0.2, -0.15) is 0 Å². The maximum atomic E-state index is 12.8. The van der Waals surface area contributed by atoms with Crippen molar-refractivity contribution in [2.75, 3.05) is 13.2 Å². The highest BCUT2D eigenvalue weighted by atomic mass is 16.6. The Morgan fingerprint density at radius 3 is 0.866 bits per heavy atom. The summed E-state index contributed by atoms with van der Waals surface area (Å²) in [6.07, 6.45) is 69.2. The number of ether oxygens (including phenoxy) is 3. The summed E-state index contributed by atoms with van der Waals surface area (Å²) in [5.41, 5.74) is 0. The fourth-order valence-electron chi connectivity index (χ4n) is 8.09. The highest BCUT2D eigenvalue weighted by Crippen LogP contribution is 2.15. The lowest BCUT2D eigenvalue weighted by Crippen LogP contribution is -2.30. The van der Waals surface area contributed by atoms with Gasteiger partial charge >= 0.3 is 17.9 Å². The summed E-state index contributed by atoms with van der Waals surface area (Å²) in [5.74, 6) is -0.893. The normalized spacial score (nSPS) is 12.5. The maximum Gasteiger partial charge on any atom is 0.306 e. The molecule has 0 aliphatic heterocycles. The Balaban J connectivity index is 4.36. The maximum absolute atomic E-state index is 12.8. The molecule has 0 aliphatic carbocycles. The van der Waals surface area contributed by atoms with E-state index in [4.69, 9.17) is 14.2 Å². The molecule has 1 unspecified atom stereocenters. The molecule has 0 aliphatic rings. The van der Waals surface area contributed by atoms with Gasteiger partial charge in [0.2, 0.25) is 0 Å². The Bertz CT molecular complexity index is 1210. The fraction of sp³-hybridized carbons (Fsp3) is 0.787. The van der Waals surface area contributed by atoms with Gasteiger partial charge < -0.3 is 14.2 Å². The van der Waals surface area contributed by atoms with E-state index in [2.05, 4.69) is 81.5 Å². The van der Waals surface area contributed by atoms with Crippen LogP contribution >= 0.6 is 0 Å². The average Bonchev–Trinajstić information content (AvgIpc) is 3.33. The predicted molar refractivity (Wildman–Crippen MR) is 288 cm³/mol. The third-order valence-corrected chi connectivity index (χ3v) is 12.5. The molecule has 67 heavy (non-hydrogen) atoms. The highest BCUT2D eigenvalue weighted by Gasteiger charge is 2.19. The molecule has 0 saturated heterocycles. The minimum absolute atomic E-state index is 0.0815. The zero-order valence-electron chi connectivity index (χ0n) is 44.4. The van der Waals surface area contributed by atoms with Crippen LogP contribution in [0.3, 0.4) is 0 Å². The monoisotopic (exact) mass is 937 g/mol. The van der Waals surface area contributed by atoms with E-state index in [0.29, 0.717) is 19.3 Å². The van der Waals surface area contributed by atoms with Crippen LogP contribution in [0.4, 0.5) is 0 Å². The van der Waals surface area contributed by atoms with Gasteiger partial charge in [0.05, 0.1) is 0 Å². The molecule has 0 heterocycles. The molecule has 0 rings (SSSR count). The topological polar surface area (TPSA) is 78.9 Å².